The minimum absolute atomic E-state index is 0.124. The van der Waals surface area contributed by atoms with E-state index in [1.807, 2.05) is 0 Å². The Balaban J connectivity index is 0.000000756. The van der Waals surface area contributed by atoms with Gasteiger partial charge in [-0.05, 0) is 44.4 Å². The van der Waals surface area contributed by atoms with E-state index in [0.29, 0.717) is 24.8 Å². The average Bonchev–Trinajstić information content (AvgIpc) is 3.06. The average molecular weight is 504 g/mol. The molecule has 1 saturated heterocycles. The monoisotopic (exact) mass is 504 g/mol. The fourth-order valence-corrected chi connectivity index (χ4v) is 3.02. The molecule has 182 valence electrons. The van der Waals surface area contributed by atoms with Gasteiger partial charge in [-0.3, -0.25) is 18.9 Å². The number of aromatic nitrogens is 2. The van der Waals surface area contributed by atoms with Crippen molar-refractivity contribution in [1.82, 2.24) is 9.55 Å². The van der Waals surface area contributed by atoms with Crippen LogP contribution in [0.5, 0.6) is 0 Å². The van der Waals surface area contributed by atoms with Gasteiger partial charge >= 0.3 is 13.3 Å². The van der Waals surface area contributed by atoms with Gasteiger partial charge in [-0.15, -0.1) is 0 Å². The molecule has 0 bridgehead atoms. The van der Waals surface area contributed by atoms with E-state index in [4.69, 9.17) is 24.3 Å². The fourth-order valence-electron chi connectivity index (χ4n) is 2.43. The van der Waals surface area contributed by atoms with Crippen molar-refractivity contribution in [2.24, 2.45) is 0 Å². The standard InChI is InChI=1S/C12H19N2O6P.C3H9O2PS.C2H6O/c1-8-7-14(12(16)13-11(8)15)10-5-4-9(20-10)3-2-6-21(17,18)19;1-3(2)6(4,5)7;1-3-2/h7,9-10H,2-6H2,1H3,(H,13,15,16)(H2,17,18,19);3H,1-2H3,(H2,4,5,7);1-2H3. The quantitative estimate of drug-likeness (QED) is 0.357. The van der Waals surface area contributed by atoms with Crippen LogP contribution in [-0.4, -0.2) is 61.3 Å². The van der Waals surface area contributed by atoms with Gasteiger partial charge in [0.2, 0.25) is 0 Å². The third-order valence-corrected chi connectivity index (χ3v) is 7.70. The first-order valence-electron chi connectivity index (χ1n) is 9.59. The molecule has 0 saturated carbocycles. The summed E-state index contributed by atoms with van der Waals surface area (Å²) in [6.07, 6.45) is 3.02. The molecule has 0 amide bonds. The molecular formula is C17H34N2O9P2S. The van der Waals surface area contributed by atoms with Crippen LogP contribution < -0.4 is 11.2 Å². The van der Waals surface area contributed by atoms with Gasteiger partial charge in [0.25, 0.3) is 5.56 Å². The molecule has 1 aromatic heterocycles. The SMILES string of the molecule is CC(C)P(O)(O)=S.COC.Cc1cn(C2CCC(CCCP(=O)(O)O)O2)c(=O)[nH]c1=O. The molecule has 0 radical (unpaired) electrons. The maximum absolute atomic E-state index is 11.8. The lowest BCUT2D eigenvalue weighted by Crippen LogP contribution is -2.33. The first-order valence-corrected chi connectivity index (χ1v) is 14.2. The molecule has 1 aliphatic heterocycles. The Bertz CT molecular complexity index is 875. The van der Waals surface area contributed by atoms with Crippen molar-refractivity contribution in [3.05, 3.63) is 32.6 Å². The highest BCUT2D eigenvalue weighted by Gasteiger charge is 2.27. The summed E-state index contributed by atoms with van der Waals surface area (Å²) < 4.78 is 22.1. The summed E-state index contributed by atoms with van der Waals surface area (Å²) in [6, 6.07) is 0. The van der Waals surface area contributed by atoms with Crippen LogP contribution in [0.1, 0.15) is 51.3 Å². The molecular weight excluding hydrogens is 470 g/mol. The van der Waals surface area contributed by atoms with Crippen LogP contribution in [0.4, 0.5) is 0 Å². The Kier molecular flexibility index (Phi) is 13.5. The van der Waals surface area contributed by atoms with Gasteiger partial charge in [0.1, 0.15) is 6.23 Å². The molecule has 2 heterocycles. The second-order valence-electron chi connectivity index (χ2n) is 7.39. The zero-order valence-corrected chi connectivity index (χ0v) is 21.0. The third kappa shape index (κ3) is 12.8. The highest BCUT2D eigenvalue weighted by Crippen LogP contribution is 2.40. The summed E-state index contributed by atoms with van der Waals surface area (Å²) in [5, 5.41) is 0. The van der Waals surface area contributed by atoms with E-state index in [2.05, 4.69) is 21.5 Å². The number of aryl methyl sites for hydroxylation is 1. The van der Waals surface area contributed by atoms with E-state index in [1.54, 1.807) is 35.0 Å². The number of methoxy groups -OCH3 is 1. The highest BCUT2D eigenvalue weighted by atomic mass is 32.5. The molecule has 1 fully saturated rings. The van der Waals surface area contributed by atoms with Crippen LogP contribution in [-0.2, 0) is 25.8 Å². The van der Waals surface area contributed by atoms with Crippen LogP contribution in [0.2, 0.25) is 0 Å². The number of H-pyrrole nitrogens is 1. The molecule has 1 aliphatic rings. The van der Waals surface area contributed by atoms with Crippen molar-refractivity contribution in [3.63, 3.8) is 0 Å². The molecule has 2 rings (SSSR count). The Morgan fingerprint density at radius 2 is 1.77 bits per heavy atom. The van der Waals surface area contributed by atoms with Crippen LogP contribution in [0.3, 0.4) is 0 Å². The van der Waals surface area contributed by atoms with E-state index in [0.717, 1.165) is 6.42 Å². The molecule has 0 aliphatic carbocycles. The maximum atomic E-state index is 11.8. The normalized spacial score (nSPS) is 18.8. The molecule has 2 atom stereocenters. The predicted octanol–water partition coefficient (Wildman–Crippen LogP) is 1.43. The maximum Gasteiger partial charge on any atom is 0.330 e. The minimum atomic E-state index is -3.97. The van der Waals surface area contributed by atoms with Gasteiger partial charge in [-0.1, -0.05) is 13.8 Å². The van der Waals surface area contributed by atoms with Gasteiger partial charge in [0, 0.05) is 37.8 Å². The van der Waals surface area contributed by atoms with Crippen molar-refractivity contribution in [3.8, 4) is 0 Å². The van der Waals surface area contributed by atoms with Crippen molar-refractivity contribution < 1.29 is 33.6 Å². The van der Waals surface area contributed by atoms with Crippen molar-refractivity contribution in [2.75, 3.05) is 20.4 Å². The third-order valence-electron chi connectivity index (χ3n) is 4.19. The molecule has 1 aromatic rings. The summed E-state index contributed by atoms with van der Waals surface area (Å²) in [5.41, 5.74) is -0.649. The van der Waals surface area contributed by atoms with Crippen LogP contribution in [0.25, 0.3) is 0 Å². The molecule has 2 unspecified atom stereocenters. The van der Waals surface area contributed by atoms with Gasteiger partial charge < -0.3 is 29.0 Å². The lowest BCUT2D eigenvalue weighted by atomic mass is 10.1. The van der Waals surface area contributed by atoms with Gasteiger partial charge in [-0.25, -0.2) is 4.79 Å². The van der Waals surface area contributed by atoms with E-state index in [1.165, 1.54) is 10.8 Å². The zero-order chi connectivity index (χ0) is 24.4. The summed E-state index contributed by atoms with van der Waals surface area (Å²) in [4.78, 5) is 60.1. The van der Waals surface area contributed by atoms with Crippen LogP contribution in [0, 0.1) is 6.92 Å². The zero-order valence-electron chi connectivity index (χ0n) is 18.4. The lowest BCUT2D eigenvalue weighted by molar-refractivity contribution is -0.00445. The van der Waals surface area contributed by atoms with Gasteiger partial charge in [0.05, 0.1) is 6.10 Å². The summed E-state index contributed by atoms with van der Waals surface area (Å²) in [5.74, 6) is 0. The van der Waals surface area contributed by atoms with Crippen molar-refractivity contribution in [2.45, 2.75) is 64.4 Å². The first-order chi connectivity index (χ1) is 14.1. The molecule has 31 heavy (non-hydrogen) atoms. The van der Waals surface area contributed by atoms with E-state index in [-0.39, 0.29) is 17.9 Å². The van der Waals surface area contributed by atoms with Gasteiger partial charge in [-0.2, -0.15) is 0 Å². The Morgan fingerprint density at radius 3 is 2.23 bits per heavy atom. The topological polar surface area (TPSA) is 171 Å². The first kappa shape index (κ1) is 30.3. The molecule has 5 N–H and O–H groups in total. The molecule has 0 spiro atoms. The highest BCUT2D eigenvalue weighted by molar-refractivity contribution is 8.09. The van der Waals surface area contributed by atoms with Crippen LogP contribution >= 0.6 is 14.1 Å². The van der Waals surface area contributed by atoms with Crippen molar-refractivity contribution in [1.29, 1.82) is 0 Å². The lowest BCUT2D eigenvalue weighted by Gasteiger charge is -2.16. The van der Waals surface area contributed by atoms with E-state index in [9.17, 15) is 14.2 Å². The van der Waals surface area contributed by atoms with Crippen LogP contribution in [0.15, 0.2) is 15.8 Å². The van der Waals surface area contributed by atoms with Gasteiger partial charge in [0.15, 0.2) is 6.49 Å². The smallest absolute Gasteiger partial charge is 0.330 e. The molecule has 11 nitrogen and oxygen atoms in total. The number of ether oxygens (including phenoxy) is 2. The number of hydrogen-bond donors (Lipinski definition) is 5. The summed E-state index contributed by atoms with van der Waals surface area (Å²) in [7, 11) is -0.716. The van der Waals surface area contributed by atoms with E-state index < -0.39 is 31.6 Å². The second kappa shape index (κ2) is 13.8. The Morgan fingerprint density at radius 1 is 1.26 bits per heavy atom. The number of nitrogens with zero attached hydrogens (tertiary/aromatic N) is 1. The number of nitrogens with one attached hydrogen (secondary N) is 1. The number of rotatable bonds is 6. The Hall–Kier alpha value is -0.680. The minimum Gasteiger partial charge on any atom is -0.388 e. The predicted molar refractivity (Wildman–Crippen MR) is 122 cm³/mol. The largest absolute Gasteiger partial charge is 0.388 e. The summed E-state index contributed by atoms with van der Waals surface area (Å²) in [6.45, 7) is 2.10. The number of hydrogen-bond acceptors (Lipinski definition) is 6. The molecule has 14 heteroatoms. The summed E-state index contributed by atoms with van der Waals surface area (Å²) >= 11 is 4.33. The van der Waals surface area contributed by atoms with E-state index >= 15 is 0 Å². The van der Waals surface area contributed by atoms with Crippen molar-refractivity contribution >= 4 is 25.9 Å². The second-order valence-corrected chi connectivity index (χ2v) is 13.0. The number of aromatic amines is 1. The Labute approximate surface area is 186 Å². The fraction of sp³-hybridized carbons (Fsp3) is 0.765. The molecule has 0 aromatic carbocycles.